The zero-order chi connectivity index (χ0) is 15.2. The van der Waals surface area contributed by atoms with Crippen molar-refractivity contribution < 1.29 is 9.32 Å². The van der Waals surface area contributed by atoms with Gasteiger partial charge in [-0.05, 0) is 50.8 Å². The van der Waals surface area contributed by atoms with Crippen LogP contribution in [0, 0.1) is 13.8 Å². The van der Waals surface area contributed by atoms with E-state index < -0.39 is 5.41 Å². The Balaban J connectivity index is 2.04. The molecule has 0 saturated carbocycles. The fourth-order valence-electron chi connectivity index (χ4n) is 3.06. The van der Waals surface area contributed by atoms with Crippen molar-refractivity contribution in [3.8, 4) is 0 Å². The monoisotopic (exact) mass is 284 g/mol. The molecule has 0 saturated heterocycles. The Morgan fingerprint density at radius 1 is 1.33 bits per heavy atom. The van der Waals surface area contributed by atoms with Crippen molar-refractivity contribution in [3.05, 3.63) is 46.3 Å². The second-order valence-electron chi connectivity index (χ2n) is 6.00. The third-order valence-corrected chi connectivity index (χ3v) is 4.55. The van der Waals surface area contributed by atoms with Gasteiger partial charge in [-0.15, -0.1) is 0 Å². The van der Waals surface area contributed by atoms with Gasteiger partial charge in [-0.25, -0.2) is 0 Å². The van der Waals surface area contributed by atoms with E-state index in [0.717, 1.165) is 34.7 Å². The van der Waals surface area contributed by atoms with Crippen LogP contribution in [-0.4, -0.2) is 11.1 Å². The van der Waals surface area contributed by atoms with E-state index in [-0.39, 0.29) is 5.91 Å². The predicted octanol–water partition coefficient (Wildman–Crippen LogP) is 3.31. The van der Waals surface area contributed by atoms with Crippen LogP contribution < -0.4 is 5.32 Å². The summed E-state index contributed by atoms with van der Waals surface area (Å²) in [6.07, 6.45) is 1.57. The molecule has 0 fully saturated rings. The van der Waals surface area contributed by atoms with Crippen LogP contribution in [0.2, 0.25) is 0 Å². The maximum absolute atomic E-state index is 12.5. The molecule has 1 aromatic carbocycles. The number of nitrogens with one attached hydrogen (secondary N) is 1. The molecule has 2 heterocycles. The first kappa shape index (κ1) is 13.9. The number of nitrogens with zero attached hydrogens (tertiary/aromatic N) is 1. The highest BCUT2D eigenvalue weighted by molar-refractivity contribution is 6.06. The molecule has 3 rings (SSSR count). The second-order valence-corrected chi connectivity index (χ2v) is 6.00. The third-order valence-electron chi connectivity index (χ3n) is 4.55. The number of aryl methyl sites for hydroxylation is 3. The van der Waals surface area contributed by atoms with E-state index in [1.165, 1.54) is 5.56 Å². The molecule has 0 radical (unpaired) electrons. The Hall–Kier alpha value is -2.10. The molecule has 1 aromatic heterocycles. The molecule has 1 N–H and O–H groups in total. The van der Waals surface area contributed by atoms with E-state index in [1.807, 2.05) is 20.8 Å². The van der Waals surface area contributed by atoms with E-state index >= 15 is 0 Å². The Morgan fingerprint density at radius 3 is 2.71 bits per heavy atom. The fourth-order valence-corrected chi connectivity index (χ4v) is 3.06. The highest BCUT2D eigenvalue weighted by Crippen LogP contribution is 2.41. The fraction of sp³-hybridized carbons (Fsp3) is 0.412. The number of rotatable bonds is 3. The zero-order valence-electron chi connectivity index (χ0n) is 12.9. The van der Waals surface area contributed by atoms with E-state index in [9.17, 15) is 4.79 Å². The zero-order valence-corrected chi connectivity index (χ0v) is 12.9. The van der Waals surface area contributed by atoms with Crippen LogP contribution in [-0.2, 0) is 23.1 Å². The SMILES string of the molecule is CCc1ccc2c(c1)NC(=O)C2(C)Cc1c(C)noc1C. The van der Waals surface area contributed by atoms with E-state index in [4.69, 9.17) is 4.52 Å². The molecule has 1 atom stereocenters. The van der Waals surface area contributed by atoms with Crippen LogP contribution in [0.25, 0.3) is 0 Å². The molecule has 1 aliphatic rings. The first-order chi connectivity index (χ1) is 9.95. The minimum Gasteiger partial charge on any atom is -0.361 e. The summed E-state index contributed by atoms with van der Waals surface area (Å²) >= 11 is 0. The van der Waals surface area contributed by atoms with Gasteiger partial charge in [0.15, 0.2) is 0 Å². The summed E-state index contributed by atoms with van der Waals surface area (Å²) in [5, 5.41) is 7.02. The van der Waals surface area contributed by atoms with E-state index in [0.29, 0.717) is 6.42 Å². The van der Waals surface area contributed by atoms with Gasteiger partial charge in [0.05, 0.1) is 11.1 Å². The smallest absolute Gasteiger partial charge is 0.235 e. The Labute approximate surface area is 124 Å². The lowest BCUT2D eigenvalue weighted by atomic mass is 9.77. The summed E-state index contributed by atoms with van der Waals surface area (Å²) in [5.41, 5.74) is 4.55. The van der Waals surface area contributed by atoms with Gasteiger partial charge in [0.2, 0.25) is 5.91 Å². The highest BCUT2D eigenvalue weighted by Gasteiger charge is 2.43. The number of carbonyl (C=O) groups is 1. The summed E-state index contributed by atoms with van der Waals surface area (Å²) in [5.74, 6) is 0.839. The van der Waals surface area contributed by atoms with Crippen LogP contribution in [0.5, 0.6) is 0 Å². The Morgan fingerprint density at radius 2 is 2.10 bits per heavy atom. The molecule has 1 amide bonds. The molecule has 1 aliphatic heterocycles. The molecule has 21 heavy (non-hydrogen) atoms. The molecule has 0 spiro atoms. The van der Waals surface area contributed by atoms with Gasteiger partial charge >= 0.3 is 0 Å². The molecule has 4 nitrogen and oxygen atoms in total. The number of hydrogen-bond donors (Lipinski definition) is 1. The first-order valence-electron chi connectivity index (χ1n) is 7.32. The van der Waals surface area contributed by atoms with Crippen LogP contribution in [0.4, 0.5) is 5.69 Å². The molecule has 4 heteroatoms. The van der Waals surface area contributed by atoms with E-state index in [1.54, 1.807) is 0 Å². The van der Waals surface area contributed by atoms with Crippen LogP contribution >= 0.6 is 0 Å². The summed E-state index contributed by atoms with van der Waals surface area (Å²) in [4.78, 5) is 12.5. The molecule has 2 aromatic rings. The van der Waals surface area contributed by atoms with Gasteiger partial charge in [-0.3, -0.25) is 4.79 Å². The number of aromatic nitrogens is 1. The molecule has 0 aliphatic carbocycles. The lowest BCUT2D eigenvalue weighted by Gasteiger charge is -2.22. The quantitative estimate of drug-likeness (QED) is 0.940. The summed E-state index contributed by atoms with van der Waals surface area (Å²) in [6, 6.07) is 6.25. The number of anilines is 1. The molecular formula is C17H20N2O2. The van der Waals surface area contributed by atoms with Gasteiger partial charge in [0.25, 0.3) is 0 Å². The van der Waals surface area contributed by atoms with Gasteiger partial charge in [0.1, 0.15) is 5.76 Å². The number of hydrogen-bond acceptors (Lipinski definition) is 3. The van der Waals surface area contributed by atoms with Gasteiger partial charge in [0, 0.05) is 11.3 Å². The molecule has 1 unspecified atom stereocenters. The first-order valence-corrected chi connectivity index (χ1v) is 7.32. The average molecular weight is 284 g/mol. The largest absolute Gasteiger partial charge is 0.361 e. The number of amides is 1. The predicted molar refractivity (Wildman–Crippen MR) is 81.5 cm³/mol. The standard InChI is InChI=1S/C17H20N2O2/c1-5-12-6-7-14-15(8-12)18-16(20)17(14,4)9-13-10(2)19-21-11(13)3/h6-8H,5,9H2,1-4H3,(H,18,20). The number of carbonyl (C=O) groups excluding carboxylic acids is 1. The van der Waals surface area contributed by atoms with Crippen molar-refractivity contribution >= 4 is 11.6 Å². The number of benzene rings is 1. The number of fused-ring (bicyclic) bond motifs is 1. The summed E-state index contributed by atoms with van der Waals surface area (Å²) in [7, 11) is 0. The van der Waals surface area contributed by atoms with Gasteiger partial charge < -0.3 is 9.84 Å². The van der Waals surface area contributed by atoms with Gasteiger partial charge in [-0.1, -0.05) is 24.2 Å². The van der Waals surface area contributed by atoms with Crippen molar-refractivity contribution in [2.45, 2.75) is 46.0 Å². The van der Waals surface area contributed by atoms with Crippen molar-refractivity contribution in [2.75, 3.05) is 5.32 Å². The second kappa shape index (κ2) is 4.72. The van der Waals surface area contributed by atoms with E-state index in [2.05, 4.69) is 35.6 Å². The lowest BCUT2D eigenvalue weighted by molar-refractivity contribution is -0.120. The molecule has 110 valence electrons. The maximum atomic E-state index is 12.5. The van der Waals surface area contributed by atoms with Crippen LogP contribution in [0.15, 0.2) is 22.7 Å². The van der Waals surface area contributed by atoms with Crippen LogP contribution in [0.1, 0.15) is 42.0 Å². The molecular weight excluding hydrogens is 264 g/mol. The van der Waals surface area contributed by atoms with Gasteiger partial charge in [-0.2, -0.15) is 0 Å². The lowest BCUT2D eigenvalue weighted by Crippen LogP contribution is -2.33. The highest BCUT2D eigenvalue weighted by atomic mass is 16.5. The minimum absolute atomic E-state index is 0.0470. The maximum Gasteiger partial charge on any atom is 0.235 e. The topological polar surface area (TPSA) is 55.1 Å². The Bertz CT molecular complexity index is 698. The Kier molecular flexibility index (Phi) is 3.12. The third kappa shape index (κ3) is 2.06. The van der Waals surface area contributed by atoms with Crippen molar-refractivity contribution in [2.24, 2.45) is 0 Å². The normalized spacial score (nSPS) is 20.5. The summed E-state index contributed by atoms with van der Waals surface area (Å²) < 4.78 is 5.23. The van der Waals surface area contributed by atoms with Crippen molar-refractivity contribution in [1.29, 1.82) is 0 Å². The minimum atomic E-state index is -0.567. The summed E-state index contributed by atoms with van der Waals surface area (Å²) in [6.45, 7) is 7.92. The average Bonchev–Trinajstić information content (AvgIpc) is 2.90. The van der Waals surface area contributed by atoms with Crippen LogP contribution in [0.3, 0.4) is 0 Å². The van der Waals surface area contributed by atoms with Crippen molar-refractivity contribution in [3.63, 3.8) is 0 Å². The van der Waals surface area contributed by atoms with Crippen molar-refractivity contribution in [1.82, 2.24) is 5.16 Å². The molecule has 0 bridgehead atoms.